The SMILES string of the molecule is O=C(O)C1CN(S(=O)(=O)c2cccc3nsnc23)c2ccccc21. The minimum atomic E-state index is -3.94. The van der Waals surface area contributed by atoms with Crippen LogP contribution in [0, 0.1) is 0 Å². The average Bonchev–Trinajstić information content (AvgIpc) is 3.19. The maximum Gasteiger partial charge on any atom is 0.312 e. The molecular formula is C15H11N3O4S2. The van der Waals surface area contributed by atoms with E-state index in [4.69, 9.17) is 0 Å². The lowest BCUT2D eigenvalue weighted by Crippen LogP contribution is -2.31. The molecule has 3 aromatic rings. The fourth-order valence-electron chi connectivity index (χ4n) is 2.92. The summed E-state index contributed by atoms with van der Waals surface area (Å²) in [4.78, 5) is 11.5. The van der Waals surface area contributed by atoms with Gasteiger partial charge in [0.05, 0.1) is 24.0 Å². The van der Waals surface area contributed by atoms with Crippen LogP contribution in [0.3, 0.4) is 0 Å². The smallest absolute Gasteiger partial charge is 0.312 e. The third-order valence-electron chi connectivity index (χ3n) is 4.04. The normalized spacial score (nSPS) is 17.2. The first-order valence-electron chi connectivity index (χ1n) is 7.06. The van der Waals surface area contributed by atoms with Gasteiger partial charge in [0.25, 0.3) is 10.0 Å². The van der Waals surface area contributed by atoms with E-state index in [1.165, 1.54) is 6.07 Å². The molecule has 1 N–H and O–H groups in total. The molecule has 0 amide bonds. The maximum atomic E-state index is 13.1. The van der Waals surface area contributed by atoms with Crippen molar-refractivity contribution in [1.29, 1.82) is 0 Å². The zero-order valence-electron chi connectivity index (χ0n) is 12.2. The van der Waals surface area contributed by atoms with Gasteiger partial charge in [0, 0.05) is 0 Å². The Labute approximate surface area is 141 Å². The summed E-state index contributed by atoms with van der Waals surface area (Å²) in [7, 11) is -3.94. The fraction of sp³-hybridized carbons (Fsp3) is 0.133. The number of aliphatic carboxylic acids is 1. The van der Waals surface area contributed by atoms with E-state index in [1.54, 1.807) is 36.4 Å². The van der Waals surface area contributed by atoms with Gasteiger partial charge in [-0.05, 0) is 23.8 Å². The summed E-state index contributed by atoms with van der Waals surface area (Å²) in [6.07, 6.45) is 0. The van der Waals surface area contributed by atoms with Crippen molar-refractivity contribution in [3.8, 4) is 0 Å². The molecule has 122 valence electrons. The third-order valence-corrected chi connectivity index (χ3v) is 6.40. The number of carboxylic acid groups (broad SMARTS) is 1. The molecule has 9 heteroatoms. The summed E-state index contributed by atoms with van der Waals surface area (Å²) >= 11 is 0.940. The van der Waals surface area contributed by atoms with Crippen LogP contribution in [-0.4, -0.2) is 34.8 Å². The van der Waals surface area contributed by atoms with Gasteiger partial charge in [0.15, 0.2) is 0 Å². The highest BCUT2D eigenvalue weighted by Crippen LogP contribution is 2.40. The minimum absolute atomic E-state index is 0.0367. The molecule has 1 aliphatic rings. The molecule has 1 aliphatic heterocycles. The number of hydrogen-bond donors (Lipinski definition) is 1. The van der Waals surface area contributed by atoms with Gasteiger partial charge >= 0.3 is 5.97 Å². The summed E-state index contributed by atoms with van der Waals surface area (Å²) in [6.45, 7) is -0.134. The Morgan fingerprint density at radius 3 is 2.75 bits per heavy atom. The van der Waals surface area contributed by atoms with Crippen LogP contribution in [0.5, 0.6) is 0 Å². The number of sulfonamides is 1. The molecule has 4 rings (SSSR count). The standard InChI is InChI=1S/C15H11N3O4S2/c19-15(20)10-8-18(12-6-2-1-4-9(10)12)24(21,22)13-7-3-5-11-14(13)17-23-16-11/h1-7,10H,8H2,(H,19,20). The molecule has 0 saturated heterocycles. The first-order chi connectivity index (χ1) is 11.5. The number of anilines is 1. The van der Waals surface area contributed by atoms with Crippen molar-refractivity contribution in [2.45, 2.75) is 10.8 Å². The molecular weight excluding hydrogens is 350 g/mol. The zero-order valence-corrected chi connectivity index (χ0v) is 13.8. The molecule has 2 aromatic carbocycles. The van der Waals surface area contributed by atoms with E-state index < -0.39 is 21.9 Å². The summed E-state index contributed by atoms with van der Waals surface area (Å²) in [6, 6.07) is 11.4. The number of nitrogens with zero attached hydrogens (tertiary/aromatic N) is 3. The zero-order chi connectivity index (χ0) is 16.9. The molecule has 1 aromatic heterocycles. The lowest BCUT2D eigenvalue weighted by atomic mass is 10.0. The van der Waals surface area contributed by atoms with Crippen LogP contribution in [0.2, 0.25) is 0 Å². The molecule has 1 unspecified atom stereocenters. The van der Waals surface area contributed by atoms with Gasteiger partial charge < -0.3 is 5.11 Å². The van der Waals surface area contributed by atoms with Crippen molar-refractivity contribution < 1.29 is 18.3 Å². The Morgan fingerprint density at radius 1 is 1.17 bits per heavy atom. The number of carboxylic acids is 1. The number of para-hydroxylation sites is 1. The number of rotatable bonds is 3. The van der Waals surface area contributed by atoms with Gasteiger partial charge in [-0.2, -0.15) is 8.75 Å². The first kappa shape index (κ1) is 15.0. The highest BCUT2D eigenvalue weighted by atomic mass is 32.2. The van der Waals surface area contributed by atoms with Crippen molar-refractivity contribution in [1.82, 2.24) is 8.75 Å². The predicted molar refractivity (Wildman–Crippen MR) is 88.8 cm³/mol. The molecule has 24 heavy (non-hydrogen) atoms. The highest BCUT2D eigenvalue weighted by Gasteiger charge is 2.40. The maximum absolute atomic E-state index is 13.1. The second kappa shape index (κ2) is 5.25. The second-order valence-electron chi connectivity index (χ2n) is 5.37. The van der Waals surface area contributed by atoms with E-state index in [2.05, 4.69) is 8.75 Å². The van der Waals surface area contributed by atoms with Crippen molar-refractivity contribution in [2.75, 3.05) is 10.8 Å². The number of hydrogen-bond acceptors (Lipinski definition) is 6. The molecule has 0 bridgehead atoms. The van der Waals surface area contributed by atoms with E-state index in [0.29, 0.717) is 22.3 Å². The Balaban J connectivity index is 1.90. The summed E-state index contributed by atoms with van der Waals surface area (Å²) < 4.78 is 35.6. The Morgan fingerprint density at radius 2 is 1.96 bits per heavy atom. The van der Waals surface area contributed by atoms with Gasteiger partial charge in [-0.3, -0.25) is 9.10 Å². The topological polar surface area (TPSA) is 100 Å². The fourth-order valence-corrected chi connectivity index (χ4v) is 5.18. The van der Waals surface area contributed by atoms with Crippen LogP contribution in [0.4, 0.5) is 5.69 Å². The van der Waals surface area contributed by atoms with E-state index in [9.17, 15) is 18.3 Å². The van der Waals surface area contributed by atoms with Crippen LogP contribution in [0.1, 0.15) is 11.5 Å². The third kappa shape index (κ3) is 2.09. The summed E-state index contributed by atoms with van der Waals surface area (Å²) in [5.41, 5.74) is 1.70. The minimum Gasteiger partial charge on any atom is -0.481 e. The molecule has 0 fully saturated rings. The number of carbonyl (C=O) groups is 1. The van der Waals surface area contributed by atoms with Crippen molar-refractivity contribution in [3.63, 3.8) is 0 Å². The highest BCUT2D eigenvalue weighted by molar-refractivity contribution is 7.93. The largest absolute Gasteiger partial charge is 0.481 e. The van der Waals surface area contributed by atoms with E-state index >= 15 is 0 Å². The Hall–Kier alpha value is -2.52. The number of fused-ring (bicyclic) bond motifs is 2. The van der Waals surface area contributed by atoms with Gasteiger partial charge in [-0.1, -0.05) is 24.3 Å². The molecule has 2 heterocycles. The molecule has 0 radical (unpaired) electrons. The van der Waals surface area contributed by atoms with Gasteiger partial charge in [0.2, 0.25) is 0 Å². The van der Waals surface area contributed by atoms with E-state index in [0.717, 1.165) is 16.0 Å². The lowest BCUT2D eigenvalue weighted by molar-refractivity contribution is -0.138. The second-order valence-corrected chi connectivity index (χ2v) is 7.73. The average molecular weight is 361 g/mol. The van der Waals surface area contributed by atoms with Crippen molar-refractivity contribution in [3.05, 3.63) is 48.0 Å². The van der Waals surface area contributed by atoms with E-state index in [-0.39, 0.29) is 11.4 Å². The summed E-state index contributed by atoms with van der Waals surface area (Å²) in [5.74, 6) is -1.93. The Kier molecular flexibility index (Phi) is 3.29. The number of benzene rings is 2. The van der Waals surface area contributed by atoms with Gasteiger partial charge in [-0.25, -0.2) is 8.42 Å². The van der Waals surface area contributed by atoms with Crippen LogP contribution >= 0.6 is 11.7 Å². The van der Waals surface area contributed by atoms with Crippen molar-refractivity contribution >= 4 is 44.4 Å². The van der Waals surface area contributed by atoms with Crippen LogP contribution in [-0.2, 0) is 14.8 Å². The Bertz CT molecular complexity index is 1060. The van der Waals surface area contributed by atoms with Crippen LogP contribution in [0.25, 0.3) is 11.0 Å². The number of aromatic nitrogens is 2. The van der Waals surface area contributed by atoms with Gasteiger partial charge in [-0.15, -0.1) is 0 Å². The molecule has 0 saturated carbocycles. The van der Waals surface area contributed by atoms with Crippen LogP contribution < -0.4 is 4.31 Å². The molecule has 0 spiro atoms. The quantitative estimate of drug-likeness (QED) is 0.766. The predicted octanol–water partition coefficient (Wildman–Crippen LogP) is 2.07. The molecule has 0 aliphatic carbocycles. The molecule has 7 nitrogen and oxygen atoms in total. The van der Waals surface area contributed by atoms with Crippen molar-refractivity contribution in [2.24, 2.45) is 0 Å². The lowest BCUT2D eigenvalue weighted by Gasteiger charge is -2.19. The monoisotopic (exact) mass is 361 g/mol. The van der Waals surface area contributed by atoms with Gasteiger partial charge in [0.1, 0.15) is 21.8 Å². The first-order valence-corrected chi connectivity index (χ1v) is 9.23. The molecule has 1 atom stereocenters. The summed E-state index contributed by atoms with van der Waals surface area (Å²) in [5, 5.41) is 9.41. The van der Waals surface area contributed by atoms with Crippen LogP contribution in [0.15, 0.2) is 47.4 Å². The van der Waals surface area contributed by atoms with E-state index in [1.807, 2.05) is 0 Å².